The van der Waals surface area contributed by atoms with Crippen molar-refractivity contribution < 1.29 is 14.3 Å². The van der Waals surface area contributed by atoms with Crippen LogP contribution in [0.25, 0.3) is 0 Å². The Hall–Kier alpha value is -1.84. The Bertz CT molecular complexity index is 489. The zero-order valence-corrected chi connectivity index (χ0v) is 12.8. The first-order chi connectivity index (χ1) is 9.26. The molecule has 0 aliphatic rings. The van der Waals surface area contributed by atoms with Crippen molar-refractivity contribution in [3.8, 4) is 0 Å². The van der Waals surface area contributed by atoms with Crippen LogP contribution in [0.4, 0.5) is 4.79 Å². The average Bonchev–Trinajstić information content (AvgIpc) is 2.34. The standard InChI is InChI=1S/C16H23NO3/c1-6-14(17-15(19)20-16(3,4)5)13-8-7-12(10-18)9-11(13)2/h7-10,14H,6H2,1-5H3,(H,17,19). The monoisotopic (exact) mass is 277 g/mol. The summed E-state index contributed by atoms with van der Waals surface area (Å²) in [5, 5.41) is 2.87. The minimum Gasteiger partial charge on any atom is -0.444 e. The van der Waals surface area contributed by atoms with E-state index in [0.29, 0.717) is 5.56 Å². The largest absolute Gasteiger partial charge is 0.444 e. The van der Waals surface area contributed by atoms with Crippen LogP contribution >= 0.6 is 0 Å². The summed E-state index contributed by atoms with van der Waals surface area (Å²) >= 11 is 0. The van der Waals surface area contributed by atoms with Crippen molar-refractivity contribution in [2.75, 3.05) is 0 Å². The summed E-state index contributed by atoms with van der Waals surface area (Å²) in [6.45, 7) is 9.42. The number of carbonyl (C=O) groups excluding carboxylic acids is 2. The number of hydrogen-bond donors (Lipinski definition) is 1. The van der Waals surface area contributed by atoms with E-state index in [-0.39, 0.29) is 6.04 Å². The van der Waals surface area contributed by atoms with Crippen molar-refractivity contribution in [3.05, 3.63) is 34.9 Å². The van der Waals surface area contributed by atoms with Gasteiger partial charge in [0.05, 0.1) is 6.04 Å². The highest BCUT2D eigenvalue weighted by atomic mass is 16.6. The van der Waals surface area contributed by atoms with Crippen molar-refractivity contribution in [1.82, 2.24) is 5.32 Å². The molecule has 110 valence electrons. The molecule has 0 bridgehead atoms. The van der Waals surface area contributed by atoms with Gasteiger partial charge in [0.15, 0.2) is 0 Å². The number of alkyl carbamates (subject to hydrolysis) is 1. The zero-order chi connectivity index (χ0) is 15.3. The molecule has 0 fully saturated rings. The van der Waals surface area contributed by atoms with Crippen molar-refractivity contribution >= 4 is 12.4 Å². The molecule has 1 N–H and O–H groups in total. The molecule has 0 aliphatic heterocycles. The molecule has 0 saturated carbocycles. The Morgan fingerprint density at radius 2 is 2.05 bits per heavy atom. The molecule has 4 nitrogen and oxygen atoms in total. The van der Waals surface area contributed by atoms with Gasteiger partial charge in [0.1, 0.15) is 11.9 Å². The lowest BCUT2D eigenvalue weighted by Crippen LogP contribution is -2.35. The summed E-state index contributed by atoms with van der Waals surface area (Å²) in [5.74, 6) is 0. The quantitative estimate of drug-likeness (QED) is 0.852. The van der Waals surface area contributed by atoms with E-state index in [1.54, 1.807) is 6.07 Å². The van der Waals surface area contributed by atoms with Gasteiger partial charge >= 0.3 is 6.09 Å². The first kappa shape index (κ1) is 16.2. The summed E-state index contributed by atoms with van der Waals surface area (Å²) in [4.78, 5) is 22.6. The molecule has 0 aliphatic carbocycles. The molecule has 0 saturated heterocycles. The van der Waals surface area contributed by atoms with E-state index in [1.807, 2.05) is 46.8 Å². The van der Waals surface area contributed by atoms with Gasteiger partial charge in [-0.15, -0.1) is 0 Å². The summed E-state index contributed by atoms with van der Waals surface area (Å²) in [6, 6.07) is 5.34. The molecule has 1 atom stereocenters. The Morgan fingerprint density at radius 1 is 1.40 bits per heavy atom. The third-order valence-electron chi connectivity index (χ3n) is 2.90. The second-order valence-electron chi connectivity index (χ2n) is 5.84. The SMILES string of the molecule is CCC(NC(=O)OC(C)(C)C)c1ccc(C=O)cc1C. The van der Waals surface area contributed by atoms with Gasteiger partial charge in [-0.1, -0.05) is 19.1 Å². The second kappa shape index (κ2) is 6.55. The normalized spacial score (nSPS) is 12.7. The van der Waals surface area contributed by atoms with Gasteiger partial charge in [0, 0.05) is 5.56 Å². The molecular formula is C16H23NO3. The minimum atomic E-state index is -0.515. The van der Waals surface area contributed by atoms with Crippen molar-refractivity contribution in [2.45, 2.75) is 52.7 Å². The molecule has 0 heterocycles. The van der Waals surface area contributed by atoms with Crippen molar-refractivity contribution in [2.24, 2.45) is 0 Å². The summed E-state index contributed by atoms with van der Waals surface area (Å²) in [5.41, 5.74) is 2.11. The van der Waals surface area contributed by atoms with E-state index >= 15 is 0 Å². The Balaban J connectivity index is 2.86. The highest BCUT2D eigenvalue weighted by Gasteiger charge is 2.20. The van der Waals surface area contributed by atoms with Crippen LogP contribution in [-0.4, -0.2) is 18.0 Å². The van der Waals surface area contributed by atoms with E-state index in [1.165, 1.54) is 0 Å². The number of aryl methyl sites for hydroxylation is 1. The predicted molar refractivity (Wildman–Crippen MR) is 79.0 cm³/mol. The number of nitrogens with one attached hydrogen (secondary N) is 1. The van der Waals surface area contributed by atoms with Crippen LogP contribution in [0.2, 0.25) is 0 Å². The van der Waals surface area contributed by atoms with Gasteiger partial charge in [-0.05, 0) is 51.3 Å². The van der Waals surface area contributed by atoms with Gasteiger partial charge < -0.3 is 10.1 Å². The smallest absolute Gasteiger partial charge is 0.408 e. The molecule has 1 unspecified atom stereocenters. The number of benzene rings is 1. The Morgan fingerprint density at radius 3 is 2.50 bits per heavy atom. The van der Waals surface area contributed by atoms with E-state index in [2.05, 4.69) is 5.32 Å². The third kappa shape index (κ3) is 4.68. The lowest BCUT2D eigenvalue weighted by Gasteiger charge is -2.24. The number of hydrogen-bond acceptors (Lipinski definition) is 3. The average molecular weight is 277 g/mol. The van der Waals surface area contributed by atoms with Gasteiger partial charge in [0.2, 0.25) is 0 Å². The summed E-state index contributed by atoms with van der Waals surface area (Å²) in [7, 11) is 0. The van der Waals surface area contributed by atoms with Crippen LogP contribution in [0.5, 0.6) is 0 Å². The van der Waals surface area contributed by atoms with E-state index in [4.69, 9.17) is 4.74 Å². The fourth-order valence-corrected chi connectivity index (χ4v) is 2.01. The molecule has 20 heavy (non-hydrogen) atoms. The van der Waals surface area contributed by atoms with Crippen LogP contribution in [0.1, 0.15) is 61.6 Å². The maximum atomic E-state index is 11.8. The summed E-state index contributed by atoms with van der Waals surface area (Å²) < 4.78 is 5.27. The first-order valence-corrected chi connectivity index (χ1v) is 6.82. The molecule has 1 rings (SSSR count). The van der Waals surface area contributed by atoms with E-state index in [9.17, 15) is 9.59 Å². The second-order valence-corrected chi connectivity index (χ2v) is 5.84. The van der Waals surface area contributed by atoms with Crippen LogP contribution in [0, 0.1) is 6.92 Å². The highest BCUT2D eigenvalue weighted by Crippen LogP contribution is 2.22. The van der Waals surface area contributed by atoms with Crippen LogP contribution < -0.4 is 5.32 Å². The molecule has 4 heteroatoms. The molecule has 1 aromatic carbocycles. The lowest BCUT2D eigenvalue weighted by molar-refractivity contribution is 0.0502. The fraction of sp³-hybridized carbons (Fsp3) is 0.500. The number of ether oxygens (including phenoxy) is 1. The molecular weight excluding hydrogens is 254 g/mol. The van der Waals surface area contributed by atoms with Gasteiger partial charge in [-0.25, -0.2) is 4.79 Å². The predicted octanol–water partition coefficient (Wildman–Crippen LogP) is 3.78. The van der Waals surface area contributed by atoms with Crippen LogP contribution in [-0.2, 0) is 4.74 Å². The number of amides is 1. The Labute approximate surface area is 120 Å². The van der Waals surface area contributed by atoms with Gasteiger partial charge in [-0.2, -0.15) is 0 Å². The Kier molecular flexibility index (Phi) is 5.31. The fourth-order valence-electron chi connectivity index (χ4n) is 2.01. The minimum absolute atomic E-state index is 0.120. The molecule has 1 amide bonds. The maximum absolute atomic E-state index is 11.8. The molecule has 0 aromatic heterocycles. The number of rotatable bonds is 4. The number of carbonyl (C=O) groups is 2. The maximum Gasteiger partial charge on any atom is 0.408 e. The van der Waals surface area contributed by atoms with E-state index < -0.39 is 11.7 Å². The topological polar surface area (TPSA) is 55.4 Å². The van der Waals surface area contributed by atoms with Gasteiger partial charge in [0.25, 0.3) is 0 Å². The zero-order valence-electron chi connectivity index (χ0n) is 12.8. The van der Waals surface area contributed by atoms with Crippen molar-refractivity contribution in [1.29, 1.82) is 0 Å². The van der Waals surface area contributed by atoms with E-state index in [0.717, 1.165) is 23.8 Å². The third-order valence-corrected chi connectivity index (χ3v) is 2.90. The van der Waals surface area contributed by atoms with Crippen LogP contribution in [0.15, 0.2) is 18.2 Å². The van der Waals surface area contributed by atoms with Gasteiger partial charge in [-0.3, -0.25) is 4.79 Å². The highest BCUT2D eigenvalue weighted by molar-refractivity contribution is 5.75. The van der Waals surface area contributed by atoms with Crippen LogP contribution in [0.3, 0.4) is 0 Å². The molecule has 0 radical (unpaired) electrons. The molecule has 0 spiro atoms. The van der Waals surface area contributed by atoms with Crippen molar-refractivity contribution in [3.63, 3.8) is 0 Å². The first-order valence-electron chi connectivity index (χ1n) is 6.82. The number of aldehydes is 1. The molecule has 1 aromatic rings. The lowest BCUT2D eigenvalue weighted by atomic mass is 9.97. The summed E-state index contributed by atoms with van der Waals surface area (Å²) in [6.07, 6.45) is 1.14.